The van der Waals surface area contributed by atoms with Crippen molar-refractivity contribution in [3.8, 4) is 23.0 Å². The predicted octanol–water partition coefficient (Wildman–Crippen LogP) is 6.60. The fraction of sp³-hybridized carbons (Fsp3) is 0.303. The van der Waals surface area contributed by atoms with Crippen molar-refractivity contribution in [1.82, 2.24) is 15.1 Å². The Balaban J connectivity index is 1.90. The molecule has 0 fully saturated rings. The SMILES string of the molecule is Cn1nc2c3c(c(-c4c(C(N)=O)cc(F)cc4C(F)(F)F)cc2c1C#CCO[Si](C)(C)C(C)(C)C)C(O)(c1cc(F)ccc1Cl)NC3=O. The van der Waals surface area contributed by atoms with E-state index in [-0.39, 0.29) is 39.3 Å². The van der Waals surface area contributed by atoms with Gasteiger partial charge in [0.2, 0.25) is 5.91 Å². The number of nitrogens with zero attached hydrogens (tertiary/aromatic N) is 2. The molecule has 3 aromatic carbocycles. The van der Waals surface area contributed by atoms with E-state index in [9.17, 15) is 36.6 Å². The lowest BCUT2D eigenvalue weighted by Gasteiger charge is -2.35. The number of carbonyl (C=O) groups excluding carboxylic acids is 2. The van der Waals surface area contributed by atoms with E-state index in [0.29, 0.717) is 6.07 Å². The molecule has 1 aliphatic rings. The van der Waals surface area contributed by atoms with Gasteiger partial charge in [-0.05, 0) is 66.0 Å². The van der Waals surface area contributed by atoms with Crippen molar-refractivity contribution < 1.29 is 41.1 Å². The molecule has 0 aliphatic carbocycles. The maximum absolute atomic E-state index is 14.6. The third-order valence-corrected chi connectivity index (χ3v) is 13.6. The zero-order valence-electron chi connectivity index (χ0n) is 26.6. The molecule has 0 spiro atoms. The number of rotatable bonds is 5. The molecule has 8 nitrogen and oxygen atoms in total. The molecule has 5 rings (SSSR count). The monoisotopic (exact) mass is 704 g/mol. The van der Waals surface area contributed by atoms with E-state index in [0.717, 1.165) is 24.3 Å². The number of fused-ring (bicyclic) bond motifs is 3. The number of nitrogens with one attached hydrogen (secondary N) is 1. The zero-order valence-corrected chi connectivity index (χ0v) is 28.3. The van der Waals surface area contributed by atoms with Crippen LogP contribution in [0.1, 0.15) is 63.9 Å². The van der Waals surface area contributed by atoms with Gasteiger partial charge in [-0.15, -0.1) is 0 Å². The van der Waals surface area contributed by atoms with Crippen molar-refractivity contribution in [2.45, 2.75) is 50.8 Å². The van der Waals surface area contributed by atoms with Gasteiger partial charge in [0.05, 0.1) is 23.3 Å². The summed E-state index contributed by atoms with van der Waals surface area (Å²) in [6.45, 7) is 10.2. The van der Waals surface area contributed by atoms with E-state index in [2.05, 4.69) is 43.0 Å². The molecule has 2 heterocycles. The maximum atomic E-state index is 14.6. The van der Waals surface area contributed by atoms with Gasteiger partial charge in [-0.3, -0.25) is 14.3 Å². The highest BCUT2D eigenvalue weighted by Crippen LogP contribution is 2.50. The van der Waals surface area contributed by atoms with Crippen LogP contribution in [-0.2, 0) is 23.4 Å². The Bertz CT molecular complexity index is 2100. The number of nitrogens with two attached hydrogens (primary N) is 1. The Morgan fingerprint density at radius 1 is 1.12 bits per heavy atom. The Morgan fingerprint density at radius 3 is 2.40 bits per heavy atom. The standard InChI is InChI=1S/C33H30ClF5N4O4Si/c1-31(2,3)48(5,6)47-11-7-8-24-18-15-19(25-20(29(40)44)12-17(36)14-22(25)33(37,38)39)27-26(28(18)42-43(24)4)30(45)41-32(27,46)21-13-16(35)9-10-23(21)34/h9-10,12-15,46H,11H2,1-6H3,(H2,40,44)(H,41,45). The number of alkyl halides is 3. The van der Waals surface area contributed by atoms with Crippen LogP contribution in [0.15, 0.2) is 36.4 Å². The second-order valence-corrected chi connectivity index (χ2v) is 18.1. The molecule has 1 unspecified atom stereocenters. The van der Waals surface area contributed by atoms with Crippen LogP contribution in [0.4, 0.5) is 22.0 Å². The summed E-state index contributed by atoms with van der Waals surface area (Å²) in [6.07, 6.45) is -5.26. The number of halogens is 6. The number of carbonyl (C=O) groups is 2. The van der Waals surface area contributed by atoms with E-state index in [4.69, 9.17) is 21.8 Å². The predicted molar refractivity (Wildman–Crippen MR) is 172 cm³/mol. The van der Waals surface area contributed by atoms with Crippen molar-refractivity contribution in [3.05, 3.63) is 86.6 Å². The average Bonchev–Trinajstić information content (AvgIpc) is 3.42. The fourth-order valence-corrected chi connectivity index (χ4v) is 6.53. The van der Waals surface area contributed by atoms with Gasteiger partial charge in [0.1, 0.15) is 22.8 Å². The number of hydrogen-bond donors (Lipinski definition) is 3. The molecule has 1 atom stereocenters. The van der Waals surface area contributed by atoms with Crippen LogP contribution in [0.5, 0.6) is 0 Å². The lowest BCUT2D eigenvalue weighted by molar-refractivity contribution is -0.137. The van der Waals surface area contributed by atoms with Crippen LogP contribution in [0.25, 0.3) is 22.0 Å². The first-order chi connectivity index (χ1) is 22.1. The highest BCUT2D eigenvalue weighted by Gasteiger charge is 2.50. The van der Waals surface area contributed by atoms with E-state index in [1.54, 1.807) is 0 Å². The van der Waals surface area contributed by atoms with Crippen molar-refractivity contribution in [1.29, 1.82) is 0 Å². The van der Waals surface area contributed by atoms with E-state index in [1.807, 2.05) is 13.1 Å². The minimum atomic E-state index is -5.26. The van der Waals surface area contributed by atoms with Crippen LogP contribution < -0.4 is 11.1 Å². The summed E-state index contributed by atoms with van der Waals surface area (Å²) in [5.74, 6) is 1.08. The Morgan fingerprint density at radius 2 is 1.79 bits per heavy atom. The third-order valence-electron chi connectivity index (χ3n) is 8.79. The normalized spacial score (nSPS) is 16.5. The summed E-state index contributed by atoms with van der Waals surface area (Å²) in [5, 5.41) is 18.5. The first kappa shape index (κ1) is 35.0. The summed E-state index contributed by atoms with van der Waals surface area (Å²) >= 11 is 6.33. The van der Waals surface area contributed by atoms with Gasteiger partial charge in [-0.1, -0.05) is 38.3 Å². The highest BCUT2D eigenvalue weighted by molar-refractivity contribution is 6.74. The molecular weight excluding hydrogens is 675 g/mol. The Labute approximate surface area is 278 Å². The molecular formula is C33H30ClF5N4O4Si. The van der Waals surface area contributed by atoms with Crippen LogP contribution in [-0.4, -0.2) is 41.6 Å². The molecule has 0 saturated carbocycles. The summed E-state index contributed by atoms with van der Waals surface area (Å²) in [4.78, 5) is 26.3. The van der Waals surface area contributed by atoms with Gasteiger partial charge in [-0.2, -0.15) is 18.3 Å². The average molecular weight is 705 g/mol. The largest absolute Gasteiger partial charge is 0.417 e. The van der Waals surface area contributed by atoms with Crippen molar-refractivity contribution in [2.75, 3.05) is 6.61 Å². The molecule has 1 aromatic heterocycles. The molecule has 48 heavy (non-hydrogen) atoms. The number of amides is 2. The maximum Gasteiger partial charge on any atom is 0.417 e. The number of primary amides is 1. The van der Waals surface area contributed by atoms with E-state index in [1.165, 1.54) is 11.7 Å². The molecule has 0 bridgehead atoms. The Hall–Kier alpha value is -4.29. The van der Waals surface area contributed by atoms with Gasteiger partial charge in [0, 0.05) is 34.1 Å². The number of aromatic nitrogens is 2. The van der Waals surface area contributed by atoms with Crippen LogP contribution in [0.3, 0.4) is 0 Å². The highest BCUT2D eigenvalue weighted by atomic mass is 35.5. The lowest BCUT2D eigenvalue weighted by Crippen LogP contribution is -2.41. The number of benzene rings is 3. The van der Waals surface area contributed by atoms with Crippen molar-refractivity contribution in [2.24, 2.45) is 12.8 Å². The van der Waals surface area contributed by atoms with E-state index < -0.39 is 82.6 Å². The molecule has 4 aromatic rings. The van der Waals surface area contributed by atoms with Crippen LogP contribution >= 0.6 is 11.6 Å². The number of aryl methyl sites for hydroxylation is 1. The summed E-state index contributed by atoms with van der Waals surface area (Å²) in [7, 11) is -0.710. The molecule has 1 aliphatic heterocycles. The minimum Gasteiger partial charge on any atom is -0.406 e. The zero-order chi connectivity index (χ0) is 35.7. The van der Waals surface area contributed by atoms with Crippen LogP contribution in [0.2, 0.25) is 23.2 Å². The second kappa shape index (κ2) is 11.7. The summed E-state index contributed by atoms with van der Waals surface area (Å²) < 4.78 is 80.4. The third kappa shape index (κ3) is 5.85. The molecule has 2 amide bonds. The fourth-order valence-electron chi connectivity index (χ4n) is 5.41. The topological polar surface area (TPSA) is 119 Å². The summed E-state index contributed by atoms with van der Waals surface area (Å²) in [5.41, 5.74) is -2.55. The second-order valence-electron chi connectivity index (χ2n) is 12.9. The van der Waals surface area contributed by atoms with Gasteiger partial charge in [0.25, 0.3) is 5.91 Å². The Kier molecular flexibility index (Phi) is 8.53. The molecule has 4 N–H and O–H groups in total. The minimum absolute atomic E-state index is 0.0152. The molecule has 0 radical (unpaired) electrons. The summed E-state index contributed by atoms with van der Waals surface area (Å²) in [6, 6.07) is 4.69. The number of aliphatic hydroxyl groups is 1. The molecule has 15 heteroatoms. The quantitative estimate of drug-likeness (QED) is 0.123. The lowest BCUT2D eigenvalue weighted by atomic mass is 9.82. The molecule has 0 saturated heterocycles. The first-order valence-electron chi connectivity index (χ1n) is 14.5. The van der Waals surface area contributed by atoms with Gasteiger partial charge >= 0.3 is 6.18 Å². The molecule has 252 valence electrons. The van der Waals surface area contributed by atoms with Crippen molar-refractivity contribution in [3.63, 3.8) is 0 Å². The van der Waals surface area contributed by atoms with Crippen LogP contribution in [0, 0.1) is 23.5 Å². The van der Waals surface area contributed by atoms with E-state index >= 15 is 0 Å². The van der Waals surface area contributed by atoms with Gasteiger partial charge in [-0.25, -0.2) is 8.78 Å². The first-order valence-corrected chi connectivity index (χ1v) is 17.8. The van der Waals surface area contributed by atoms with Gasteiger partial charge < -0.3 is 20.6 Å². The van der Waals surface area contributed by atoms with Gasteiger partial charge in [0.15, 0.2) is 14.0 Å². The van der Waals surface area contributed by atoms with Crippen molar-refractivity contribution >= 4 is 42.6 Å². The number of hydrogen-bond acceptors (Lipinski definition) is 5. The smallest absolute Gasteiger partial charge is 0.406 e.